The highest BCUT2D eigenvalue weighted by Gasteiger charge is 2.14. The third-order valence-corrected chi connectivity index (χ3v) is 3.70. The van der Waals surface area contributed by atoms with Crippen molar-refractivity contribution < 1.29 is 19.2 Å². The summed E-state index contributed by atoms with van der Waals surface area (Å²) in [7, 11) is 1.35. The van der Waals surface area contributed by atoms with Gasteiger partial charge in [0.15, 0.2) is 23.9 Å². The molecule has 0 unspecified atom stereocenters. The van der Waals surface area contributed by atoms with Crippen LogP contribution in [-0.2, 0) is 0 Å². The Balaban J connectivity index is 2.12. The quantitative estimate of drug-likeness (QED) is 0.441. The molecule has 0 saturated heterocycles. The van der Waals surface area contributed by atoms with Crippen LogP contribution in [0.2, 0.25) is 10.0 Å². The number of hydrogen-bond donors (Lipinski definition) is 0. The molecule has 2 aromatic rings. The summed E-state index contributed by atoms with van der Waals surface area (Å²) in [5.41, 5.74) is 0.213. The van der Waals surface area contributed by atoms with Gasteiger partial charge in [0.2, 0.25) is 0 Å². The summed E-state index contributed by atoms with van der Waals surface area (Å²) in [6, 6.07) is 8.36. The predicted molar refractivity (Wildman–Crippen MR) is 85.9 cm³/mol. The van der Waals surface area contributed by atoms with Crippen LogP contribution < -0.4 is 9.47 Å². The smallest absolute Gasteiger partial charge is 0.273 e. The van der Waals surface area contributed by atoms with Crippen molar-refractivity contribution in [2.24, 2.45) is 0 Å². The molecule has 0 amide bonds. The Bertz CT molecular complexity index is 764. The minimum atomic E-state index is -0.548. The summed E-state index contributed by atoms with van der Waals surface area (Å²) in [5, 5.41) is 11.3. The number of rotatable bonds is 6. The van der Waals surface area contributed by atoms with Gasteiger partial charge in [-0.15, -0.1) is 0 Å². The van der Waals surface area contributed by atoms with E-state index in [1.54, 1.807) is 0 Å². The number of methoxy groups -OCH3 is 1. The molecule has 0 fully saturated rings. The number of nitro groups is 1. The normalized spacial score (nSPS) is 10.2. The van der Waals surface area contributed by atoms with E-state index in [-0.39, 0.29) is 34.6 Å². The molecule has 0 saturated carbocycles. The number of carbonyl (C=O) groups excluding carboxylic acids is 1. The van der Waals surface area contributed by atoms with Gasteiger partial charge in [-0.2, -0.15) is 0 Å². The number of ketones is 1. The van der Waals surface area contributed by atoms with Crippen molar-refractivity contribution in [3.8, 4) is 11.5 Å². The van der Waals surface area contributed by atoms with E-state index in [2.05, 4.69) is 0 Å². The summed E-state index contributed by atoms with van der Waals surface area (Å²) in [6.45, 7) is -0.272. The molecule has 0 aromatic heterocycles. The Morgan fingerprint density at radius 3 is 2.48 bits per heavy atom. The van der Waals surface area contributed by atoms with E-state index >= 15 is 0 Å². The number of benzene rings is 2. The molecule has 0 heterocycles. The molecule has 0 aliphatic heterocycles. The lowest BCUT2D eigenvalue weighted by Gasteiger charge is -2.10. The van der Waals surface area contributed by atoms with E-state index in [4.69, 9.17) is 32.7 Å². The number of halogens is 2. The van der Waals surface area contributed by atoms with Crippen LogP contribution in [0.1, 0.15) is 10.4 Å². The number of hydrogen-bond acceptors (Lipinski definition) is 5. The molecule has 2 rings (SSSR count). The number of carbonyl (C=O) groups is 1. The molecule has 0 atom stereocenters. The van der Waals surface area contributed by atoms with Gasteiger partial charge >= 0.3 is 0 Å². The number of nitrogens with zero attached hydrogens (tertiary/aromatic N) is 1. The Morgan fingerprint density at radius 1 is 1.13 bits per heavy atom. The molecule has 8 heteroatoms. The second-order valence-corrected chi connectivity index (χ2v) is 5.25. The molecular formula is C15H11Cl2NO5. The molecule has 23 heavy (non-hydrogen) atoms. The lowest BCUT2D eigenvalue weighted by atomic mass is 10.1. The van der Waals surface area contributed by atoms with E-state index in [9.17, 15) is 14.9 Å². The molecular weight excluding hydrogens is 345 g/mol. The summed E-state index contributed by atoms with van der Waals surface area (Å²) in [4.78, 5) is 22.3. The minimum absolute atomic E-state index is 0.134. The fourth-order valence-electron chi connectivity index (χ4n) is 1.79. The van der Waals surface area contributed by atoms with Gasteiger partial charge in [-0.1, -0.05) is 23.2 Å². The first-order chi connectivity index (χ1) is 10.9. The van der Waals surface area contributed by atoms with Crippen molar-refractivity contribution in [3.63, 3.8) is 0 Å². The predicted octanol–water partition coefficient (Wildman–Crippen LogP) is 4.17. The first kappa shape index (κ1) is 17.1. The van der Waals surface area contributed by atoms with Crippen molar-refractivity contribution >= 4 is 34.7 Å². The molecule has 120 valence electrons. The standard InChI is InChI=1S/C15H11Cl2NO5/c1-22-15-7-10(18(20)21)3-5-14(15)23-8-13(19)9-2-4-11(16)12(17)6-9/h2-7H,8H2,1H3. The monoisotopic (exact) mass is 355 g/mol. The first-order valence-corrected chi connectivity index (χ1v) is 7.11. The molecule has 2 aromatic carbocycles. The maximum atomic E-state index is 12.1. The maximum Gasteiger partial charge on any atom is 0.273 e. The van der Waals surface area contributed by atoms with Crippen molar-refractivity contribution in [3.05, 3.63) is 62.1 Å². The molecule has 0 N–H and O–H groups in total. The Morgan fingerprint density at radius 2 is 1.87 bits per heavy atom. The van der Waals surface area contributed by atoms with E-state index in [0.29, 0.717) is 10.6 Å². The van der Waals surface area contributed by atoms with Crippen LogP contribution in [0.5, 0.6) is 11.5 Å². The van der Waals surface area contributed by atoms with Crippen LogP contribution in [0.4, 0.5) is 5.69 Å². The highest BCUT2D eigenvalue weighted by Crippen LogP contribution is 2.31. The third-order valence-electron chi connectivity index (χ3n) is 2.96. The zero-order valence-corrected chi connectivity index (χ0v) is 13.4. The summed E-state index contributed by atoms with van der Waals surface area (Å²) < 4.78 is 10.4. The van der Waals surface area contributed by atoms with Gasteiger partial charge in [0.05, 0.1) is 28.1 Å². The Hall–Kier alpha value is -2.31. The van der Waals surface area contributed by atoms with E-state index in [1.807, 2.05) is 0 Å². The van der Waals surface area contributed by atoms with Crippen LogP contribution in [0.15, 0.2) is 36.4 Å². The number of Topliss-reactive ketones (excluding diaryl/α,β-unsaturated/α-hetero) is 1. The molecule has 0 bridgehead atoms. The van der Waals surface area contributed by atoms with Gasteiger partial charge in [-0.05, 0) is 24.3 Å². The van der Waals surface area contributed by atoms with Gasteiger partial charge < -0.3 is 9.47 Å². The van der Waals surface area contributed by atoms with Crippen molar-refractivity contribution in [2.75, 3.05) is 13.7 Å². The lowest BCUT2D eigenvalue weighted by molar-refractivity contribution is -0.384. The summed E-state index contributed by atoms with van der Waals surface area (Å²) in [5.74, 6) is 0.0802. The van der Waals surface area contributed by atoms with Gasteiger partial charge in [-0.25, -0.2) is 0 Å². The van der Waals surface area contributed by atoms with Gasteiger partial charge in [0, 0.05) is 11.6 Å². The first-order valence-electron chi connectivity index (χ1n) is 6.36. The highest BCUT2D eigenvalue weighted by atomic mass is 35.5. The average Bonchev–Trinajstić information content (AvgIpc) is 2.54. The van der Waals surface area contributed by atoms with Crippen molar-refractivity contribution in [1.82, 2.24) is 0 Å². The second-order valence-electron chi connectivity index (χ2n) is 4.43. The van der Waals surface area contributed by atoms with Gasteiger partial charge in [-0.3, -0.25) is 14.9 Å². The summed E-state index contributed by atoms with van der Waals surface area (Å²) >= 11 is 11.7. The zero-order valence-electron chi connectivity index (χ0n) is 11.9. The molecule has 0 radical (unpaired) electrons. The Labute approximate surface area is 141 Å². The van der Waals surface area contributed by atoms with E-state index in [1.165, 1.54) is 43.5 Å². The van der Waals surface area contributed by atoms with Crippen LogP contribution in [-0.4, -0.2) is 24.4 Å². The van der Waals surface area contributed by atoms with Crippen LogP contribution in [0.3, 0.4) is 0 Å². The molecule has 0 aliphatic rings. The molecule has 0 spiro atoms. The topological polar surface area (TPSA) is 78.7 Å². The fourth-order valence-corrected chi connectivity index (χ4v) is 2.08. The fraction of sp³-hybridized carbons (Fsp3) is 0.133. The average molecular weight is 356 g/mol. The lowest BCUT2D eigenvalue weighted by Crippen LogP contribution is -2.12. The molecule has 0 aliphatic carbocycles. The van der Waals surface area contributed by atoms with Gasteiger partial charge in [0.25, 0.3) is 5.69 Å². The van der Waals surface area contributed by atoms with E-state index < -0.39 is 4.92 Å². The van der Waals surface area contributed by atoms with Crippen LogP contribution in [0, 0.1) is 10.1 Å². The van der Waals surface area contributed by atoms with Crippen LogP contribution in [0.25, 0.3) is 0 Å². The van der Waals surface area contributed by atoms with Gasteiger partial charge in [0.1, 0.15) is 0 Å². The minimum Gasteiger partial charge on any atom is -0.493 e. The molecule has 6 nitrogen and oxygen atoms in total. The van der Waals surface area contributed by atoms with Crippen molar-refractivity contribution in [1.29, 1.82) is 0 Å². The third kappa shape index (κ3) is 4.12. The van der Waals surface area contributed by atoms with Crippen LogP contribution >= 0.6 is 23.2 Å². The highest BCUT2D eigenvalue weighted by molar-refractivity contribution is 6.42. The SMILES string of the molecule is COc1cc([N+](=O)[O-])ccc1OCC(=O)c1ccc(Cl)c(Cl)c1. The maximum absolute atomic E-state index is 12.1. The number of ether oxygens (including phenoxy) is 2. The zero-order chi connectivity index (χ0) is 17.0. The Kier molecular flexibility index (Phi) is 5.41. The number of nitro benzene ring substituents is 1. The van der Waals surface area contributed by atoms with Crippen molar-refractivity contribution in [2.45, 2.75) is 0 Å². The van der Waals surface area contributed by atoms with E-state index in [0.717, 1.165) is 0 Å². The second kappa shape index (κ2) is 7.30. The number of non-ortho nitro benzene ring substituents is 1. The largest absolute Gasteiger partial charge is 0.493 e. The summed E-state index contributed by atoms with van der Waals surface area (Å²) in [6.07, 6.45) is 0.